The predicted molar refractivity (Wildman–Crippen MR) is 76.9 cm³/mol. The third-order valence-corrected chi connectivity index (χ3v) is 3.61. The fourth-order valence-electron chi connectivity index (χ4n) is 2.48. The van der Waals surface area contributed by atoms with Gasteiger partial charge in [0.25, 0.3) is 0 Å². The zero-order valence-corrected chi connectivity index (χ0v) is 11.9. The molecule has 1 aliphatic carbocycles. The molecule has 17 heavy (non-hydrogen) atoms. The van der Waals surface area contributed by atoms with Crippen LogP contribution in [0.3, 0.4) is 0 Å². The van der Waals surface area contributed by atoms with Crippen LogP contribution >= 0.6 is 0 Å². The Morgan fingerprint density at radius 2 is 1.88 bits per heavy atom. The lowest BCUT2D eigenvalue weighted by molar-refractivity contribution is 0.559. The molecule has 1 aliphatic rings. The van der Waals surface area contributed by atoms with E-state index in [1.165, 1.54) is 35.1 Å². The largest absolute Gasteiger partial charge is 0.383 e. The minimum absolute atomic E-state index is 1.15. The summed E-state index contributed by atoms with van der Waals surface area (Å²) in [5, 5.41) is 0. The maximum absolute atomic E-state index is 3.94. The van der Waals surface area contributed by atoms with E-state index in [-0.39, 0.29) is 0 Å². The van der Waals surface area contributed by atoms with E-state index in [1.54, 1.807) is 5.57 Å². The van der Waals surface area contributed by atoms with Gasteiger partial charge in [-0.15, -0.1) is 0 Å². The van der Waals surface area contributed by atoms with Crippen LogP contribution < -0.4 is 0 Å². The first-order chi connectivity index (χ1) is 8.01. The fraction of sp³-hybridized carbons (Fsp3) is 0.500. The van der Waals surface area contributed by atoms with Gasteiger partial charge < -0.3 is 4.90 Å². The van der Waals surface area contributed by atoms with E-state index >= 15 is 0 Å². The van der Waals surface area contributed by atoms with Crippen LogP contribution in [0.5, 0.6) is 0 Å². The molecule has 0 atom stereocenters. The van der Waals surface area contributed by atoms with Crippen molar-refractivity contribution in [3.05, 3.63) is 46.7 Å². The molecule has 94 valence electrons. The molecule has 0 aliphatic heterocycles. The standard InChI is InChI=1S/C16H25N/c1-7-14-9-10-16(13(4)12(14)3)15(8-2)11-17(5)6/h8,11H,2,7,9-10H2,1,3-6H3/b15-11+. The summed E-state index contributed by atoms with van der Waals surface area (Å²) in [5.74, 6) is 0. The topological polar surface area (TPSA) is 3.24 Å². The van der Waals surface area contributed by atoms with Crippen molar-refractivity contribution in [1.82, 2.24) is 4.90 Å². The van der Waals surface area contributed by atoms with Gasteiger partial charge in [-0.2, -0.15) is 0 Å². The molecule has 0 N–H and O–H groups in total. The van der Waals surface area contributed by atoms with Crippen LogP contribution in [-0.4, -0.2) is 19.0 Å². The molecule has 0 fully saturated rings. The van der Waals surface area contributed by atoms with Crippen molar-refractivity contribution in [3.8, 4) is 0 Å². The zero-order valence-electron chi connectivity index (χ0n) is 11.9. The summed E-state index contributed by atoms with van der Waals surface area (Å²) in [6, 6.07) is 0. The average molecular weight is 231 g/mol. The minimum atomic E-state index is 1.15. The molecule has 0 spiro atoms. The van der Waals surface area contributed by atoms with Crippen molar-refractivity contribution in [3.63, 3.8) is 0 Å². The maximum Gasteiger partial charge on any atom is 0.00613 e. The molecule has 0 amide bonds. The van der Waals surface area contributed by atoms with Crippen molar-refractivity contribution >= 4 is 0 Å². The Hall–Kier alpha value is -1.24. The monoisotopic (exact) mass is 231 g/mol. The molecule has 1 heteroatoms. The molecule has 0 aromatic carbocycles. The van der Waals surface area contributed by atoms with Crippen LogP contribution in [0.15, 0.2) is 46.7 Å². The molecule has 0 bridgehead atoms. The Kier molecular flexibility index (Phi) is 4.80. The summed E-state index contributed by atoms with van der Waals surface area (Å²) in [4.78, 5) is 2.09. The van der Waals surface area contributed by atoms with E-state index in [9.17, 15) is 0 Å². The second kappa shape index (κ2) is 5.90. The van der Waals surface area contributed by atoms with Crippen LogP contribution in [0.4, 0.5) is 0 Å². The van der Waals surface area contributed by atoms with E-state index < -0.39 is 0 Å². The van der Waals surface area contributed by atoms with E-state index in [2.05, 4.69) is 52.5 Å². The fourth-order valence-corrected chi connectivity index (χ4v) is 2.48. The maximum atomic E-state index is 3.94. The minimum Gasteiger partial charge on any atom is -0.383 e. The van der Waals surface area contributed by atoms with Crippen molar-refractivity contribution in [2.45, 2.75) is 40.0 Å². The molecule has 1 rings (SSSR count). The highest BCUT2D eigenvalue weighted by atomic mass is 15.0. The van der Waals surface area contributed by atoms with E-state index in [0.29, 0.717) is 0 Å². The highest BCUT2D eigenvalue weighted by molar-refractivity contribution is 5.51. The first-order valence-electron chi connectivity index (χ1n) is 6.41. The SMILES string of the molecule is C=C/C(=C\N(C)C)C1=C(C)C(C)=C(CC)CC1. The second-order valence-electron chi connectivity index (χ2n) is 4.94. The van der Waals surface area contributed by atoms with Crippen LogP contribution in [0, 0.1) is 0 Å². The number of allylic oxidation sites excluding steroid dienone is 6. The van der Waals surface area contributed by atoms with Gasteiger partial charge in [-0.1, -0.05) is 25.2 Å². The summed E-state index contributed by atoms with van der Waals surface area (Å²) in [6.07, 6.45) is 7.67. The van der Waals surface area contributed by atoms with E-state index in [0.717, 1.165) is 6.42 Å². The lowest BCUT2D eigenvalue weighted by atomic mass is 9.83. The first-order valence-corrected chi connectivity index (χ1v) is 6.41. The summed E-state index contributed by atoms with van der Waals surface area (Å²) < 4.78 is 0. The second-order valence-corrected chi connectivity index (χ2v) is 4.94. The summed E-state index contributed by atoms with van der Waals surface area (Å²) in [6.45, 7) is 10.7. The van der Waals surface area contributed by atoms with Gasteiger partial charge in [0.1, 0.15) is 0 Å². The van der Waals surface area contributed by atoms with Gasteiger partial charge in [-0.3, -0.25) is 0 Å². The molecule has 0 aromatic heterocycles. The van der Waals surface area contributed by atoms with Gasteiger partial charge in [0, 0.05) is 20.3 Å². The van der Waals surface area contributed by atoms with Crippen molar-refractivity contribution in [1.29, 1.82) is 0 Å². The molecule has 0 saturated carbocycles. The van der Waals surface area contributed by atoms with Gasteiger partial charge in [0.2, 0.25) is 0 Å². The van der Waals surface area contributed by atoms with E-state index in [4.69, 9.17) is 0 Å². The third-order valence-electron chi connectivity index (χ3n) is 3.61. The van der Waals surface area contributed by atoms with Gasteiger partial charge in [-0.05, 0) is 55.4 Å². The van der Waals surface area contributed by atoms with Crippen molar-refractivity contribution < 1.29 is 0 Å². The smallest absolute Gasteiger partial charge is 0.00613 e. The predicted octanol–water partition coefficient (Wildman–Crippen LogP) is 4.45. The van der Waals surface area contributed by atoms with Crippen LogP contribution in [0.1, 0.15) is 40.0 Å². The summed E-state index contributed by atoms with van der Waals surface area (Å²) in [5.41, 5.74) is 7.27. The van der Waals surface area contributed by atoms with Crippen LogP contribution in [0.2, 0.25) is 0 Å². The lowest BCUT2D eigenvalue weighted by Gasteiger charge is -2.23. The van der Waals surface area contributed by atoms with Gasteiger partial charge >= 0.3 is 0 Å². The highest BCUT2D eigenvalue weighted by Crippen LogP contribution is 2.35. The van der Waals surface area contributed by atoms with Crippen LogP contribution in [-0.2, 0) is 0 Å². The van der Waals surface area contributed by atoms with Gasteiger partial charge in [-0.25, -0.2) is 0 Å². The van der Waals surface area contributed by atoms with Gasteiger partial charge in [0.05, 0.1) is 0 Å². The summed E-state index contributed by atoms with van der Waals surface area (Å²) in [7, 11) is 4.12. The Balaban J connectivity index is 3.18. The zero-order chi connectivity index (χ0) is 13.0. The number of rotatable bonds is 4. The first kappa shape index (κ1) is 13.8. The molecule has 0 saturated heterocycles. The van der Waals surface area contributed by atoms with Crippen molar-refractivity contribution in [2.75, 3.05) is 14.1 Å². The Bertz CT molecular complexity index is 392. The quantitative estimate of drug-likeness (QED) is 0.646. The Morgan fingerprint density at radius 1 is 1.24 bits per heavy atom. The normalized spacial score (nSPS) is 17.6. The Labute approximate surface area is 106 Å². The average Bonchev–Trinajstić information content (AvgIpc) is 2.29. The lowest BCUT2D eigenvalue weighted by Crippen LogP contribution is -2.07. The molecule has 0 heterocycles. The third kappa shape index (κ3) is 3.12. The molecule has 0 radical (unpaired) electrons. The molecule has 0 unspecified atom stereocenters. The number of nitrogens with zero attached hydrogens (tertiary/aromatic N) is 1. The number of hydrogen-bond donors (Lipinski definition) is 0. The molecular formula is C16H25N. The Morgan fingerprint density at radius 3 is 2.35 bits per heavy atom. The highest BCUT2D eigenvalue weighted by Gasteiger charge is 2.16. The van der Waals surface area contributed by atoms with E-state index in [1.807, 2.05) is 6.08 Å². The molecular weight excluding hydrogens is 206 g/mol. The summed E-state index contributed by atoms with van der Waals surface area (Å²) >= 11 is 0. The van der Waals surface area contributed by atoms with Crippen molar-refractivity contribution in [2.24, 2.45) is 0 Å². The molecule has 0 aromatic rings. The number of hydrogen-bond acceptors (Lipinski definition) is 1. The van der Waals surface area contributed by atoms with Gasteiger partial charge in [0.15, 0.2) is 0 Å². The van der Waals surface area contributed by atoms with Crippen LogP contribution in [0.25, 0.3) is 0 Å². The molecule has 1 nitrogen and oxygen atoms in total.